The maximum absolute atomic E-state index is 9.36. The fourth-order valence-electron chi connectivity index (χ4n) is 1.62. The predicted octanol–water partition coefficient (Wildman–Crippen LogP) is 2.35. The van der Waals surface area contributed by atoms with E-state index < -0.39 is 5.54 Å². The van der Waals surface area contributed by atoms with E-state index in [-0.39, 0.29) is 6.61 Å². The first kappa shape index (κ1) is 15.7. The minimum Gasteiger partial charge on any atom is -0.394 e. The van der Waals surface area contributed by atoms with Gasteiger partial charge in [0.25, 0.3) is 0 Å². The number of hydrogen-bond donors (Lipinski definition) is 3. The molecular weight excluding hydrogens is 240 g/mol. The molecule has 19 heavy (non-hydrogen) atoms. The van der Waals surface area contributed by atoms with E-state index in [4.69, 9.17) is 0 Å². The van der Waals surface area contributed by atoms with Gasteiger partial charge in [-0.05, 0) is 27.2 Å². The summed E-state index contributed by atoms with van der Waals surface area (Å²) in [5, 5.41) is 16.0. The molecule has 108 valence electrons. The van der Waals surface area contributed by atoms with E-state index in [1.165, 1.54) is 0 Å². The quantitative estimate of drug-likeness (QED) is 0.706. The zero-order chi connectivity index (χ0) is 14.5. The number of nitrogens with one attached hydrogen (secondary N) is 2. The van der Waals surface area contributed by atoms with Crippen molar-refractivity contribution in [1.82, 2.24) is 9.97 Å². The molecule has 0 atom stereocenters. The molecule has 3 N–H and O–H groups in total. The second-order valence-corrected chi connectivity index (χ2v) is 5.41. The smallest absolute Gasteiger partial charge is 0.135 e. The lowest BCUT2D eigenvalue weighted by molar-refractivity contribution is 0.234. The molecule has 0 radical (unpaired) electrons. The lowest BCUT2D eigenvalue weighted by Gasteiger charge is -2.26. The van der Waals surface area contributed by atoms with Gasteiger partial charge in [-0.25, -0.2) is 9.97 Å². The first-order valence-corrected chi connectivity index (χ1v) is 6.94. The van der Waals surface area contributed by atoms with Crippen LogP contribution in [0.4, 0.5) is 11.6 Å². The van der Waals surface area contributed by atoms with Gasteiger partial charge in [0.2, 0.25) is 0 Å². The lowest BCUT2D eigenvalue weighted by Crippen LogP contribution is -2.36. The normalized spacial score (nSPS) is 11.5. The van der Waals surface area contributed by atoms with Crippen molar-refractivity contribution in [2.45, 2.75) is 53.0 Å². The van der Waals surface area contributed by atoms with Crippen LogP contribution in [0.5, 0.6) is 0 Å². The van der Waals surface area contributed by atoms with Crippen LogP contribution in [0.2, 0.25) is 0 Å². The molecule has 0 aliphatic heterocycles. The Labute approximate surface area is 115 Å². The third-order valence-electron chi connectivity index (χ3n) is 2.90. The summed E-state index contributed by atoms with van der Waals surface area (Å²) in [6.07, 6.45) is 1.84. The number of anilines is 2. The Morgan fingerprint density at radius 3 is 2.32 bits per heavy atom. The van der Waals surface area contributed by atoms with E-state index in [0.717, 1.165) is 42.4 Å². The monoisotopic (exact) mass is 266 g/mol. The molecule has 1 rings (SSSR count). The van der Waals surface area contributed by atoms with E-state index >= 15 is 0 Å². The van der Waals surface area contributed by atoms with E-state index in [2.05, 4.69) is 27.5 Å². The molecule has 0 bridgehead atoms. The molecule has 1 aromatic rings. The molecular formula is C14H26N4O. The molecule has 0 saturated carbocycles. The van der Waals surface area contributed by atoms with E-state index in [1.807, 2.05) is 27.7 Å². The Bertz CT molecular complexity index is 418. The highest BCUT2D eigenvalue weighted by Crippen LogP contribution is 2.23. The van der Waals surface area contributed by atoms with Gasteiger partial charge in [0.1, 0.15) is 17.5 Å². The molecule has 0 aliphatic carbocycles. The fourth-order valence-corrected chi connectivity index (χ4v) is 1.62. The third-order valence-corrected chi connectivity index (χ3v) is 2.90. The predicted molar refractivity (Wildman–Crippen MR) is 79.7 cm³/mol. The minimum absolute atomic E-state index is 0.0512. The van der Waals surface area contributed by atoms with Crippen LogP contribution in [-0.2, 0) is 6.42 Å². The Morgan fingerprint density at radius 2 is 1.79 bits per heavy atom. The first-order valence-electron chi connectivity index (χ1n) is 6.94. The SMILES string of the molecule is CCCNc1nc(CC)nc(NC(C)(C)CO)c1C. The maximum atomic E-state index is 9.36. The molecule has 5 heteroatoms. The second kappa shape index (κ2) is 6.70. The van der Waals surface area contributed by atoms with Crippen LogP contribution >= 0.6 is 0 Å². The number of aromatic nitrogens is 2. The zero-order valence-corrected chi connectivity index (χ0v) is 12.7. The summed E-state index contributed by atoms with van der Waals surface area (Å²) >= 11 is 0. The zero-order valence-electron chi connectivity index (χ0n) is 12.7. The summed E-state index contributed by atoms with van der Waals surface area (Å²) in [5.74, 6) is 2.48. The molecule has 0 unspecified atom stereocenters. The third kappa shape index (κ3) is 4.35. The van der Waals surface area contributed by atoms with Gasteiger partial charge >= 0.3 is 0 Å². The van der Waals surface area contributed by atoms with Crippen molar-refractivity contribution >= 4 is 11.6 Å². The van der Waals surface area contributed by atoms with Gasteiger partial charge in [-0.15, -0.1) is 0 Å². The Hall–Kier alpha value is -1.36. The number of hydrogen-bond acceptors (Lipinski definition) is 5. The van der Waals surface area contributed by atoms with Crippen LogP contribution < -0.4 is 10.6 Å². The molecule has 1 aromatic heterocycles. The van der Waals surface area contributed by atoms with E-state index in [0.29, 0.717) is 0 Å². The van der Waals surface area contributed by atoms with Crippen LogP contribution in [0.15, 0.2) is 0 Å². The molecule has 5 nitrogen and oxygen atoms in total. The van der Waals surface area contributed by atoms with Gasteiger partial charge in [-0.1, -0.05) is 13.8 Å². The second-order valence-electron chi connectivity index (χ2n) is 5.41. The van der Waals surface area contributed by atoms with E-state index in [1.54, 1.807) is 0 Å². The van der Waals surface area contributed by atoms with Crippen molar-refractivity contribution in [2.24, 2.45) is 0 Å². The summed E-state index contributed by atoms with van der Waals surface area (Å²) in [5.41, 5.74) is 0.596. The number of nitrogens with zero attached hydrogens (tertiary/aromatic N) is 2. The Morgan fingerprint density at radius 1 is 1.16 bits per heavy atom. The van der Waals surface area contributed by atoms with Gasteiger partial charge in [0, 0.05) is 18.5 Å². The van der Waals surface area contributed by atoms with Crippen LogP contribution in [0.1, 0.15) is 45.5 Å². The Balaban J connectivity index is 3.08. The first-order chi connectivity index (χ1) is 8.93. The largest absolute Gasteiger partial charge is 0.394 e. The van der Waals surface area contributed by atoms with Crippen LogP contribution in [0, 0.1) is 6.92 Å². The molecule has 0 aromatic carbocycles. The van der Waals surface area contributed by atoms with Crippen molar-refractivity contribution in [3.05, 3.63) is 11.4 Å². The van der Waals surface area contributed by atoms with E-state index in [9.17, 15) is 5.11 Å². The number of rotatable bonds is 7. The maximum Gasteiger partial charge on any atom is 0.135 e. The molecule has 1 heterocycles. The van der Waals surface area contributed by atoms with Gasteiger partial charge in [0.05, 0.1) is 12.1 Å². The van der Waals surface area contributed by atoms with Crippen molar-refractivity contribution in [3.63, 3.8) is 0 Å². The average Bonchev–Trinajstić information content (AvgIpc) is 2.39. The average molecular weight is 266 g/mol. The van der Waals surface area contributed by atoms with Crippen LogP contribution in [0.25, 0.3) is 0 Å². The molecule has 0 fully saturated rings. The van der Waals surface area contributed by atoms with Gasteiger partial charge in [-0.2, -0.15) is 0 Å². The molecule has 0 aliphatic rings. The highest BCUT2D eigenvalue weighted by molar-refractivity contribution is 5.58. The topological polar surface area (TPSA) is 70.1 Å². The van der Waals surface area contributed by atoms with Crippen molar-refractivity contribution in [3.8, 4) is 0 Å². The summed E-state index contributed by atoms with van der Waals surface area (Å²) in [6, 6.07) is 0. The lowest BCUT2D eigenvalue weighted by atomic mass is 10.1. The summed E-state index contributed by atoms with van der Waals surface area (Å²) in [4.78, 5) is 9.04. The summed E-state index contributed by atoms with van der Waals surface area (Å²) < 4.78 is 0. The Kier molecular flexibility index (Phi) is 5.54. The highest BCUT2D eigenvalue weighted by atomic mass is 16.3. The van der Waals surface area contributed by atoms with Crippen molar-refractivity contribution in [2.75, 3.05) is 23.8 Å². The van der Waals surface area contributed by atoms with Crippen molar-refractivity contribution in [1.29, 1.82) is 0 Å². The molecule has 0 amide bonds. The van der Waals surface area contributed by atoms with Crippen LogP contribution in [-0.4, -0.2) is 33.8 Å². The standard InChI is InChI=1S/C14H26N4O/c1-6-8-15-12-10(3)13(17-11(7-2)16-12)18-14(4,5)9-19/h19H,6-9H2,1-5H3,(H2,15,16,17,18). The number of aliphatic hydroxyl groups excluding tert-OH is 1. The van der Waals surface area contributed by atoms with Gasteiger partial charge in [0.15, 0.2) is 0 Å². The fraction of sp³-hybridized carbons (Fsp3) is 0.714. The summed E-state index contributed by atoms with van der Waals surface area (Å²) in [7, 11) is 0. The van der Waals surface area contributed by atoms with Crippen molar-refractivity contribution < 1.29 is 5.11 Å². The van der Waals surface area contributed by atoms with Crippen LogP contribution in [0.3, 0.4) is 0 Å². The number of aliphatic hydroxyl groups is 1. The highest BCUT2D eigenvalue weighted by Gasteiger charge is 2.19. The van der Waals surface area contributed by atoms with Gasteiger partial charge in [-0.3, -0.25) is 0 Å². The summed E-state index contributed by atoms with van der Waals surface area (Å²) in [6.45, 7) is 11.0. The van der Waals surface area contributed by atoms with Gasteiger partial charge < -0.3 is 15.7 Å². The minimum atomic E-state index is -0.397. The molecule has 0 spiro atoms. The number of aryl methyl sites for hydroxylation is 1. The molecule has 0 saturated heterocycles.